The Kier molecular flexibility index (Phi) is 5.40. The molecule has 2 aromatic heterocycles. The monoisotopic (exact) mass is 458 g/mol. The Bertz CT molecular complexity index is 1110. The average Bonchev–Trinajstić information content (AvgIpc) is 3.36. The van der Waals surface area contributed by atoms with Gasteiger partial charge in [-0.1, -0.05) is 51.0 Å². The fourth-order valence-corrected chi connectivity index (χ4v) is 3.69. The molecule has 0 N–H and O–H groups in total. The molecule has 142 valence electrons. The van der Waals surface area contributed by atoms with E-state index in [2.05, 4.69) is 41.6 Å². The molecule has 2 aromatic carbocycles. The van der Waals surface area contributed by atoms with Gasteiger partial charge in [0.25, 0.3) is 0 Å². The third kappa shape index (κ3) is 3.92. The molecule has 0 amide bonds. The van der Waals surface area contributed by atoms with Crippen LogP contribution in [0.15, 0.2) is 56.6 Å². The van der Waals surface area contributed by atoms with Crippen LogP contribution in [0.2, 0.25) is 0 Å². The number of ether oxygens (including phenoxy) is 1. The lowest BCUT2D eigenvalue weighted by atomic mass is 10.2. The van der Waals surface area contributed by atoms with E-state index in [4.69, 9.17) is 9.26 Å². The van der Waals surface area contributed by atoms with Crippen LogP contribution in [0.4, 0.5) is 0 Å². The van der Waals surface area contributed by atoms with Crippen LogP contribution in [0.1, 0.15) is 11.5 Å². The maximum atomic E-state index is 5.43. The molecule has 0 aliphatic rings. The third-order valence-corrected chi connectivity index (χ3v) is 5.28. The van der Waals surface area contributed by atoms with Crippen LogP contribution >= 0.6 is 27.7 Å². The smallest absolute Gasteiger partial charge is 0.237 e. The number of methoxy groups -OCH3 is 1. The van der Waals surface area contributed by atoms with Crippen molar-refractivity contribution in [2.45, 2.75) is 17.8 Å². The summed E-state index contributed by atoms with van der Waals surface area (Å²) >= 11 is 4.85. The number of benzene rings is 2. The van der Waals surface area contributed by atoms with E-state index in [0.29, 0.717) is 28.4 Å². The number of nitrogens with zero attached hydrogens (tertiary/aromatic N) is 6. The molecule has 0 radical (unpaired) electrons. The van der Waals surface area contributed by atoms with E-state index in [1.54, 1.807) is 11.8 Å². The summed E-state index contributed by atoms with van der Waals surface area (Å²) in [6.45, 7) is 2.00. The molecule has 2 heterocycles. The molecule has 0 fully saturated rings. The largest absolute Gasteiger partial charge is 0.494 e. The lowest BCUT2D eigenvalue weighted by molar-refractivity contribution is 0.391. The van der Waals surface area contributed by atoms with E-state index in [1.807, 2.05) is 49.4 Å². The minimum atomic E-state index is 0.440. The topological polar surface area (TPSA) is 91.8 Å². The van der Waals surface area contributed by atoms with Crippen molar-refractivity contribution in [3.05, 3.63) is 58.4 Å². The Morgan fingerprint density at radius 2 is 2.11 bits per heavy atom. The quantitative estimate of drug-likeness (QED) is 0.399. The zero-order valence-electron chi connectivity index (χ0n) is 15.0. The molecule has 4 rings (SSSR count). The molecule has 10 heteroatoms. The van der Waals surface area contributed by atoms with Crippen LogP contribution in [0.25, 0.3) is 17.1 Å². The fourth-order valence-electron chi connectivity index (χ4n) is 2.57. The van der Waals surface area contributed by atoms with E-state index >= 15 is 0 Å². The molecule has 0 saturated carbocycles. The highest BCUT2D eigenvalue weighted by Crippen LogP contribution is 2.28. The zero-order valence-corrected chi connectivity index (χ0v) is 17.4. The first-order valence-corrected chi connectivity index (χ1v) is 10.1. The Balaban J connectivity index is 1.53. The molecule has 0 spiro atoms. The highest BCUT2D eigenvalue weighted by molar-refractivity contribution is 9.10. The standard InChI is InChI=1S/C18H15BrN6O2S/c1-11-6-7-15(26-2)14(8-11)25-18(21-23-24-25)28-10-16-20-17(22-27-16)12-4-3-5-13(19)9-12/h3-9H,10H2,1-2H3. The van der Waals surface area contributed by atoms with Gasteiger partial charge in [-0.3, -0.25) is 0 Å². The van der Waals surface area contributed by atoms with Gasteiger partial charge in [-0.2, -0.15) is 9.67 Å². The molecular formula is C18H15BrN6O2S. The summed E-state index contributed by atoms with van der Waals surface area (Å²) in [5.74, 6) is 2.16. The first-order chi connectivity index (χ1) is 13.6. The predicted octanol–water partition coefficient (Wildman–Crippen LogP) is 4.08. The number of halogens is 1. The number of tetrazole rings is 1. The Labute approximate surface area is 173 Å². The van der Waals surface area contributed by atoms with Crippen LogP contribution in [0.5, 0.6) is 5.75 Å². The van der Waals surface area contributed by atoms with Crippen molar-refractivity contribution in [1.29, 1.82) is 0 Å². The van der Waals surface area contributed by atoms with E-state index in [0.717, 1.165) is 21.3 Å². The number of thioether (sulfide) groups is 1. The van der Waals surface area contributed by atoms with Crippen LogP contribution in [0.3, 0.4) is 0 Å². The fraction of sp³-hybridized carbons (Fsp3) is 0.167. The second-order valence-corrected chi connectivity index (χ2v) is 7.72. The summed E-state index contributed by atoms with van der Waals surface area (Å²) < 4.78 is 13.4. The van der Waals surface area contributed by atoms with Crippen LogP contribution in [0, 0.1) is 6.92 Å². The van der Waals surface area contributed by atoms with Crippen LogP contribution in [-0.2, 0) is 5.75 Å². The molecule has 0 unspecified atom stereocenters. The zero-order chi connectivity index (χ0) is 19.5. The molecule has 8 nitrogen and oxygen atoms in total. The van der Waals surface area contributed by atoms with Crippen molar-refractivity contribution >= 4 is 27.7 Å². The van der Waals surface area contributed by atoms with Crippen molar-refractivity contribution in [2.24, 2.45) is 0 Å². The highest BCUT2D eigenvalue weighted by atomic mass is 79.9. The van der Waals surface area contributed by atoms with Gasteiger partial charge in [-0.15, -0.1) is 5.10 Å². The third-order valence-electron chi connectivity index (χ3n) is 3.88. The highest BCUT2D eigenvalue weighted by Gasteiger charge is 2.16. The summed E-state index contributed by atoms with van der Waals surface area (Å²) in [6, 6.07) is 13.6. The maximum absolute atomic E-state index is 5.43. The SMILES string of the molecule is COc1ccc(C)cc1-n1nnnc1SCc1nc(-c2cccc(Br)c2)no1. The Morgan fingerprint density at radius 1 is 1.21 bits per heavy atom. The normalized spacial score (nSPS) is 11.0. The minimum absolute atomic E-state index is 0.440. The molecule has 0 atom stereocenters. The maximum Gasteiger partial charge on any atom is 0.237 e. The number of aromatic nitrogens is 6. The van der Waals surface area contributed by atoms with Gasteiger partial charge >= 0.3 is 0 Å². The number of hydrogen-bond acceptors (Lipinski definition) is 8. The molecular weight excluding hydrogens is 444 g/mol. The van der Waals surface area contributed by atoms with Crippen molar-refractivity contribution in [1.82, 2.24) is 30.3 Å². The van der Waals surface area contributed by atoms with Crippen LogP contribution in [-0.4, -0.2) is 37.5 Å². The van der Waals surface area contributed by atoms with Gasteiger partial charge in [0, 0.05) is 10.0 Å². The summed E-state index contributed by atoms with van der Waals surface area (Å²) in [5.41, 5.74) is 2.73. The van der Waals surface area contributed by atoms with E-state index in [-0.39, 0.29) is 0 Å². The second kappa shape index (κ2) is 8.11. The predicted molar refractivity (Wildman–Crippen MR) is 107 cm³/mol. The van der Waals surface area contributed by atoms with Crippen molar-refractivity contribution in [3.8, 4) is 22.8 Å². The van der Waals surface area contributed by atoms with Gasteiger partial charge < -0.3 is 9.26 Å². The molecule has 0 aliphatic carbocycles. The Morgan fingerprint density at radius 3 is 2.93 bits per heavy atom. The molecule has 28 heavy (non-hydrogen) atoms. The van der Waals surface area contributed by atoms with Gasteiger partial charge in [0.2, 0.25) is 16.9 Å². The summed E-state index contributed by atoms with van der Waals surface area (Å²) in [6.07, 6.45) is 0. The first kappa shape index (κ1) is 18.6. The van der Waals surface area contributed by atoms with Crippen molar-refractivity contribution < 1.29 is 9.26 Å². The van der Waals surface area contributed by atoms with E-state index in [9.17, 15) is 0 Å². The van der Waals surface area contributed by atoms with Gasteiger partial charge in [0.1, 0.15) is 11.4 Å². The van der Waals surface area contributed by atoms with Gasteiger partial charge in [-0.05, 0) is 47.2 Å². The number of hydrogen-bond donors (Lipinski definition) is 0. The summed E-state index contributed by atoms with van der Waals surface area (Å²) in [7, 11) is 1.62. The van der Waals surface area contributed by atoms with Crippen LogP contribution < -0.4 is 4.74 Å². The Hall–Kier alpha value is -2.72. The van der Waals surface area contributed by atoms with E-state index < -0.39 is 0 Å². The minimum Gasteiger partial charge on any atom is -0.494 e. The lowest BCUT2D eigenvalue weighted by Gasteiger charge is -2.09. The van der Waals surface area contributed by atoms with E-state index in [1.165, 1.54) is 11.8 Å². The van der Waals surface area contributed by atoms with Gasteiger partial charge in [0.15, 0.2) is 0 Å². The average molecular weight is 459 g/mol. The second-order valence-electron chi connectivity index (χ2n) is 5.86. The molecule has 0 aliphatic heterocycles. The molecule has 4 aromatic rings. The van der Waals surface area contributed by atoms with Crippen molar-refractivity contribution in [3.63, 3.8) is 0 Å². The number of aryl methyl sites for hydroxylation is 1. The molecule has 0 bridgehead atoms. The number of rotatable bonds is 6. The first-order valence-electron chi connectivity index (χ1n) is 8.29. The van der Waals surface area contributed by atoms with Crippen molar-refractivity contribution in [2.75, 3.05) is 7.11 Å². The molecule has 0 saturated heterocycles. The summed E-state index contributed by atoms with van der Waals surface area (Å²) in [4.78, 5) is 4.45. The summed E-state index contributed by atoms with van der Waals surface area (Å²) in [5, 5.41) is 16.6. The van der Waals surface area contributed by atoms with Gasteiger partial charge in [0.05, 0.1) is 12.9 Å². The van der Waals surface area contributed by atoms with Gasteiger partial charge in [-0.25, -0.2) is 0 Å². The lowest BCUT2D eigenvalue weighted by Crippen LogP contribution is -2.02.